The summed E-state index contributed by atoms with van der Waals surface area (Å²) < 4.78 is 0. The SMILES string of the molecule is Cc1ccccc1-c1nc[nH]c1C1CCNCC1. The highest BCUT2D eigenvalue weighted by Crippen LogP contribution is 2.32. The van der Waals surface area contributed by atoms with Crippen LogP contribution in [0.3, 0.4) is 0 Å². The van der Waals surface area contributed by atoms with E-state index in [4.69, 9.17) is 0 Å². The molecule has 0 aliphatic carbocycles. The van der Waals surface area contributed by atoms with Crippen molar-refractivity contribution in [1.82, 2.24) is 15.3 Å². The third kappa shape index (κ3) is 2.06. The van der Waals surface area contributed by atoms with Crippen LogP contribution in [0.2, 0.25) is 0 Å². The third-order valence-corrected chi connectivity index (χ3v) is 3.82. The predicted molar refractivity (Wildman–Crippen MR) is 73.6 cm³/mol. The van der Waals surface area contributed by atoms with Gasteiger partial charge < -0.3 is 10.3 Å². The fourth-order valence-corrected chi connectivity index (χ4v) is 2.78. The van der Waals surface area contributed by atoms with Crippen molar-refractivity contribution >= 4 is 0 Å². The van der Waals surface area contributed by atoms with Crippen LogP contribution in [0.4, 0.5) is 0 Å². The minimum atomic E-state index is 0.614. The van der Waals surface area contributed by atoms with E-state index >= 15 is 0 Å². The van der Waals surface area contributed by atoms with Crippen molar-refractivity contribution in [2.24, 2.45) is 0 Å². The van der Waals surface area contributed by atoms with E-state index in [0.717, 1.165) is 18.8 Å². The Hall–Kier alpha value is -1.61. The third-order valence-electron chi connectivity index (χ3n) is 3.82. The zero-order valence-electron chi connectivity index (χ0n) is 10.7. The van der Waals surface area contributed by atoms with Gasteiger partial charge in [-0.3, -0.25) is 0 Å². The van der Waals surface area contributed by atoms with Crippen LogP contribution in [0.1, 0.15) is 30.0 Å². The highest BCUT2D eigenvalue weighted by Gasteiger charge is 2.21. The van der Waals surface area contributed by atoms with E-state index in [1.54, 1.807) is 0 Å². The average molecular weight is 241 g/mol. The number of piperidine rings is 1. The summed E-state index contributed by atoms with van der Waals surface area (Å²) >= 11 is 0. The first-order chi connectivity index (χ1) is 8.86. The molecule has 1 aliphatic rings. The van der Waals surface area contributed by atoms with E-state index in [1.807, 2.05) is 6.33 Å². The number of nitrogens with zero attached hydrogens (tertiary/aromatic N) is 1. The van der Waals surface area contributed by atoms with E-state index < -0.39 is 0 Å². The van der Waals surface area contributed by atoms with Gasteiger partial charge in [-0.05, 0) is 38.4 Å². The van der Waals surface area contributed by atoms with Gasteiger partial charge in [0.15, 0.2) is 0 Å². The summed E-state index contributed by atoms with van der Waals surface area (Å²) in [5.74, 6) is 0.614. The summed E-state index contributed by atoms with van der Waals surface area (Å²) in [6.45, 7) is 4.37. The molecule has 0 unspecified atom stereocenters. The zero-order chi connectivity index (χ0) is 12.4. The van der Waals surface area contributed by atoms with Crippen molar-refractivity contribution in [3.05, 3.63) is 41.9 Å². The highest BCUT2D eigenvalue weighted by atomic mass is 14.9. The zero-order valence-corrected chi connectivity index (χ0v) is 10.7. The first-order valence-corrected chi connectivity index (χ1v) is 6.66. The van der Waals surface area contributed by atoms with Gasteiger partial charge in [-0.25, -0.2) is 4.98 Å². The summed E-state index contributed by atoms with van der Waals surface area (Å²) in [5.41, 5.74) is 5.00. The molecule has 2 heterocycles. The summed E-state index contributed by atoms with van der Waals surface area (Å²) in [5, 5.41) is 3.41. The minimum absolute atomic E-state index is 0.614. The molecular formula is C15H19N3. The average Bonchev–Trinajstić information content (AvgIpc) is 2.89. The number of aromatic amines is 1. The van der Waals surface area contributed by atoms with Crippen LogP contribution in [0.15, 0.2) is 30.6 Å². The molecule has 1 aliphatic heterocycles. The molecule has 0 bridgehead atoms. The maximum absolute atomic E-state index is 4.55. The van der Waals surface area contributed by atoms with E-state index in [2.05, 4.69) is 46.5 Å². The van der Waals surface area contributed by atoms with Crippen LogP contribution < -0.4 is 5.32 Å². The molecule has 94 valence electrons. The lowest BCUT2D eigenvalue weighted by molar-refractivity contribution is 0.455. The number of benzene rings is 1. The maximum atomic E-state index is 4.55. The lowest BCUT2D eigenvalue weighted by Crippen LogP contribution is -2.27. The molecule has 1 aromatic heterocycles. The number of imidazole rings is 1. The Morgan fingerprint density at radius 2 is 1.94 bits per heavy atom. The Morgan fingerprint density at radius 3 is 2.72 bits per heavy atom. The number of aryl methyl sites for hydroxylation is 1. The Kier molecular flexibility index (Phi) is 3.15. The van der Waals surface area contributed by atoms with Crippen LogP contribution in [0, 0.1) is 6.92 Å². The second-order valence-corrected chi connectivity index (χ2v) is 5.00. The molecule has 0 amide bonds. The maximum Gasteiger partial charge on any atom is 0.0929 e. The summed E-state index contributed by atoms with van der Waals surface area (Å²) in [6.07, 6.45) is 4.22. The monoisotopic (exact) mass is 241 g/mol. The molecule has 1 aromatic carbocycles. The van der Waals surface area contributed by atoms with Crippen LogP contribution in [0.5, 0.6) is 0 Å². The van der Waals surface area contributed by atoms with Gasteiger partial charge in [0, 0.05) is 17.2 Å². The summed E-state index contributed by atoms with van der Waals surface area (Å²) in [6, 6.07) is 8.48. The Morgan fingerprint density at radius 1 is 1.17 bits per heavy atom. The van der Waals surface area contributed by atoms with Crippen LogP contribution in [0.25, 0.3) is 11.3 Å². The fraction of sp³-hybridized carbons (Fsp3) is 0.400. The van der Waals surface area contributed by atoms with Gasteiger partial charge in [0.1, 0.15) is 0 Å². The lowest BCUT2D eigenvalue weighted by atomic mass is 9.91. The lowest BCUT2D eigenvalue weighted by Gasteiger charge is -2.22. The van der Waals surface area contributed by atoms with Gasteiger partial charge in [-0.2, -0.15) is 0 Å². The number of hydrogen-bond donors (Lipinski definition) is 2. The van der Waals surface area contributed by atoms with Crippen molar-refractivity contribution in [3.63, 3.8) is 0 Å². The Bertz CT molecular complexity index is 524. The van der Waals surface area contributed by atoms with Gasteiger partial charge in [0.05, 0.1) is 12.0 Å². The highest BCUT2D eigenvalue weighted by molar-refractivity contribution is 5.66. The topological polar surface area (TPSA) is 40.7 Å². The molecular weight excluding hydrogens is 222 g/mol. The quantitative estimate of drug-likeness (QED) is 0.848. The van der Waals surface area contributed by atoms with Gasteiger partial charge in [0.2, 0.25) is 0 Å². The molecule has 3 rings (SSSR count). The fourth-order valence-electron chi connectivity index (χ4n) is 2.78. The minimum Gasteiger partial charge on any atom is -0.348 e. The molecule has 0 spiro atoms. The van der Waals surface area contributed by atoms with Crippen LogP contribution in [-0.2, 0) is 0 Å². The molecule has 3 heteroatoms. The largest absolute Gasteiger partial charge is 0.348 e. The number of nitrogens with one attached hydrogen (secondary N) is 2. The van der Waals surface area contributed by atoms with Crippen molar-refractivity contribution in [1.29, 1.82) is 0 Å². The number of hydrogen-bond acceptors (Lipinski definition) is 2. The molecule has 0 radical (unpaired) electrons. The van der Waals surface area contributed by atoms with Crippen molar-refractivity contribution < 1.29 is 0 Å². The Balaban J connectivity index is 1.98. The smallest absolute Gasteiger partial charge is 0.0929 e. The normalized spacial score (nSPS) is 16.9. The van der Waals surface area contributed by atoms with Crippen LogP contribution >= 0.6 is 0 Å². The first kappa shape index (κ1) is 11.5. The van der Waals surface area contributed by atoms with Crippen molar-refractivity contribution in [2.75, 3.05) is 13.1 Å². The first-order valence-electron chi connectivity index (χ1n) is 6.66. The van der Waals surface area contributed by atoms with Gasteiger partial charge in [-0.1, -0.05) is 24.3 Å². The van der Waals surface area contributed by atoms with E-state index in [1.165, 1.54) is 29.7 Å². The van der Waals surface area contributed by atoms with Crippen LogP contribution in [-0.4, -0.2) is 23.1 Å². The molecule has 2 aromatic rings. The van der Waals surface area contributed by atoms with E-state index in [0.29, 0.717) is 5.92 Å². The molecule has 0 atom stereocenters. The number of rotatable bonds is 2. The molecule has 1 saturated heterocycles. The molecule has 0 saturated carbocycles. The second-order valence-electron chi connectivity index (χ2n) is 5.00. The predicted octanol–water partition coefficient (Wildman–Crippen LogP) is 2.85. The standard InChI is InChI=1S/C15H19N3/c1-11-4-2-3-5-13(11)15-14(17-10-18-15)12-6-8-16-9-7-12/h2-5,10,12,16H,6-9H2,1H3,(H,17,18). The second kappa shape index (κ2) is 4.94. The van der Waals surface area contributed by atoms with Gasteiger partial charge in [0.25, 0.3) is 0 Å². The summed E-state index contributed by atoms with van der Waals surface area (Å²) in [7, 11) is 0. The van der Waals surface area contributed by atoms with Crippen molar-refractivity contribution in [3.8, 4) is 11.3 Å². The van der Waals surface area contributed by atoms with Gasteiger partial charge >= 0.3 is 0 Å². The number of H-pyrrole nitrogens is 1. The number of aromatic nitrogens is 2. The van der Waals surface area contributed by atoms with E-state index in [-0.39, 0.29) is 0 Å². The van der Waals surface area contributed by atoms with E-state index in [9.17, 15) is 0 Å². The van der Waals surface area contributed by atoms with Gasteiger partial charge in [-0.15, -0.1) is 0 Å². The molecule has 18 heavy (non-hydrogen) atoms. The molecule has 3 nitrogen and oxygen atoms in total. The van der Waals surface area contributed by atoms with Crippen molar-refractivity contribution in [2.45, 2.75) is 25.7 Å². The molecule has 1 fully saturated rings. The Labute approximate surface area is 108 Å². The molecule has 2 N–H and O–H groups in total. The summed E-state index contributed by atoms with van der Waals surface area (Å²) in [4.78, 5) is 7.91.